The number of carboxylic acids is 1. The molecule has 0 bridgehead atoms. The topological polar surface area (TPSA) is 77.9 Å². The van der Waals surface area contributed by atoms with Crippen LogP contribution in [0.15, 0.2) is 27.6 Å². The normalized spacial score (nSPS) is 21.5. The summed E-state index contributed by atoms with van der Waals surface area (Å²) in [5.41, 5.74) is 1.57. The van der Waals surface area contributed by atoms with Crippen molar-refractivity contribution in [3.8, 4) is 0 Å². The van der Waals surface area contributed by atoms with E-state index in [-0.39, 0.29) is 20.7 Å². The summed E-state index contributed by atoms with van der Waals surface area (Å²) in [5, 5.41) is 9.16. The Balaban J connectivity index is 2.16. The van der Waals surface area contributed by atoms with Crippen molar-refractivity contribution in [1.82, 2.24) is 4.90 Å². The van der Waals surface area contributed by atoms with Crippen molar-refractivity contribution < 1.29 is 19.5 Å². The molecule has 24 heavy (non-hydrogen) atoms. The number of hydrogen-bond acceptors (Lipinski definition) is 5. The number of fused-ring (bicyclic) bond motifs is 1. The Kier molecular flexibility index (Phi) is 4.27. The zero-order chi connectivity index (χ0) is 17.8. The monoisotopic (exact) mass is 426 g/mol. The summed E-state index contributed by atoms with van der Waals surface area (Å²) in [6.07, 6.45) is 0. The highest BCUT2D eigenvalue weighted by molar-refractivity contribution is 9.10. The molecule has 2 aliphatic heterocycles. The largest absolute Gasteiger partial charge is 0.480 e. The van der Waals surface area contributed by atoms with Crippen LogP contribution >= 0.6 is 39.9 Å². The number of carbonyl (C=O) groups is 3. The minimum Gasteiger partial charge on any atom is -0.480 e. The fraction of sp³-hybridized carbons (Fsp3) is 0.200. The highest BCUT2D eigenvalue weighted by Gasteiger charge is 2.43. The van der Waals surface area contributed by atoms with Crippen molar-refractivity contribution in [1.29, 1.82) is 0 Å². The van der Waals surface area contributed by atoms with Crippen molar-refractivity contribution >= 4 is 73.3 Å². The predicted molar refractivity (Wildman–Crippen MR) is 98.6 cm³/mol. The first-order valence-corrected chi connectivity index (χ1v) is 8.86. The van der Waals surface area contributed by atoms with Gasteiger partial charge >= 0.3 is 5.97 Å². The Bertz CT molecular complexity index is 852. The standard InChI is InChI=1S/C15H11BrN2O4S2/c1-6(14(21)22)18-13(20)11(24-15(18)23)10-8-5-7(16)3-4-9(8)17(2)12(10)19/h3-6H,1-2H3,(H,21,22)/b11-10-/t6-/m1/s1. The summed E-state index contributed by atoms with van der Waals surface area (Å²) < 4.78 is 0.910. The first-order chi connectivity index (χ1) is 11.2. The van der Waals surface area contributed by atoms with Gasteiger partial charge in [-0.3, -0.25) is 14.5 Å². The SMILES string of the molecule is C[C@H](C(=O)O)N1C(=O)/C(=C2/C(=O)N(C)c3ccc(Br)cc32)SC1=S. The molecule has 6 nitrogen and oxygen atoms in total. The molecule has 2 heterocycles. The van der Waals surface area contributed by atoms with E-state index in [9.17, 15) is 14.4 Å². The minimum absolute atomic E-state index is 0.135. The van der Waals surface area contributed by atoms with E-state index in [2.05, 4.69) is 15.9 Å². The van der Waals surface area contributed by atoms with Crippen LogP contribution in [0.1, 0.15) is 12.5 Å². The molecule has 3 rings (SSSR count). The van der Waals surface area contributed by atoms with E-state index in [0.29, 0.717) is 11.3 Å². The molecule has 1 aromatic rings. The van der Waals surface area contributed by atoms with E-state index in [1.165, 1.54) is 11.8 Å². The maximum Gasteiger partial charge on any atom is 0.326 e. The van der Waals surface area contributed by atoms with Crippen molar-refractivity contribution in [3.63, 3.8) is 0 Å². The summed E-state index contributed by atoms with van der Waals surface area (Å²) in [4.78, 5) is 39.2. The second kappa shape index (κ2) is 5.98. The number of thioether (sulfide) groups is 1. The highest BCUT2D eigenvalue weighted by atomic mass is 79.9. The number of rotatable bonds is 2. The van der Waals surface area contributed by atoms with E-state index in [4.69, 9.17) is 17.3 Å². The Hall–Kier alpha value is -1.71. The maximum absolute atomic E-state index is 12.7. The second-order valence-electron chi connectivity index (χ2n) is 5.29. The molecule has 1 aromatic carbocycles. The van der Waals surface area contributed by atoms with Crippen LogP contribution in [-0.4, -0.2) is 45.2 Å². The number of thiocarbonyl (C=S) groups is 1. The predicted octanol–water partition coefficient (Wildman–Crippen LogP) is 2.47. The zero-order valence-corrected chi connectivity index (χ0v) is 15.8. The lowest BCUT2D eigenvalue weighted by molar-refractivity contribution is -0.144. The number of halogens is 1. The van der Waals surface area contributed by atoms with Gasteiger partial charge in [0.25, 0.3) is 11.8 Å². The van der Waals surface area contributed by atoms with Gasteiger partial charge in [-0.05, 0) is 25.1 Å². The fourth-order valence-electron chi connectivity index (χ4n) is 2.59. The molecule has 2 amide bonds. The second-order valence-corrected chi connectivity index (χ2v) is 7.85. The van der Waals surface area contributed by atoms with Crippen LogP contribution in [0.4, 0.5) is 5.69 Å². The first-order valence-electron chi connectivity index (χ1n) is 6.84. The average molecular weight is 427 g/mol. The van der Waals surface area contributed by atoms with Gasteiger partial charge in [-0.15, -0.1) is 0 Å². The molecule has 1 atom stereocenters. The molecular formula is C15H11BrN2O4S2. The maximum atomic E-state index is 12.7. The molecule has 0 radical (unpaired) electrons. The summed E-state index contributed by atoms with van der Waals surface area (Å²) in [5.74, 6) is -2.02. The Morgan fingerprint density at radius 3 is 2.62 bits per heavy atom. The Morgan fingerprint density at radius 1 is 1.33 bits per heavy atom. The summed E-state index contributed by atoms with van der Waals surface area (Å²) in [7, 11) is 1.63. The van der Waals surface area contributed by atoms with Crippen molar-refractivity contribution in [2.75, 3.05) is 11.9 Å². The van der Waals surface area contributed by atoms with Gasteiger partial charge in [0.15, 0.2) is 0 Å². The molecular weight excluding hydrogens is 416 g/mol. The molecule has 1 N–H and O–H groups in total. The van der Waals surface area contributed by atoms with E-state index in [1.54, 1.807) is 19.2 Å². The Labute approximate surface area is 155 Å². The number of hydrogen-bond donors (Lipinski definition) is 1. The molecule has 0 aromatic heterocycles. The van der Waals surface area contributed by atoms with Crippen LogP contribution in [0.2, 0.25) is 0 Å². The quantitative estimate of drug-likeness (QED) is 0.577. The highest BCUT2D eigenvalue weighted by Crippen LogP contribution is 2.45. The third-order valence-electron chi connectivity index (χ3n) is 3.88. The van der Waals surface area contributed by atoms with Gasteiger partial charge in [-0.25, -0.2) is 4.79 Å². The van der Waals surface area contributed by atoms with Crippen LogP contribution in [-0.2, 0) is 14.4 Å². The lowest BCUT2D eigenvalue weighted by Crippen LogP contribution is -2.41. The van der Waals surface area contributed by atoms with Crippen LogP contribution in [0.5, 0.6) is 0 Å². The molecule has 2 aliphatic rings. The van der Waals surface area contributed by atoms with Crippen LogP contribution in [0, 0.1) is 0 Å². The van der Waals surface area contributed by atoms with E-state index in [0.717, 1.165) is 21.1 Å². The van der Waals surface area contributed by atoms with Crippen LogP contribution < -0.4 is 4.90 Å². The average Bonchev–Trinajstić information content (AvgIpc) is 2.93. The summed E-state index contributed by atoms with van der Waals surface area (Å²) >= 11 is 9.48. The summed E-state index contributed by atoms with van der Waals surface area (Å²) in [6.45, 7) is 1.38. The van der Waals surface area contributed by atoms with E-state index in [1.807, 2.05) is 6.07 Å². The third-order valence-corrected chi connectivity index (χ3v) is 5.77. The van der Waals surface area contributed by atoms with Crippen molar-refractivity contribution in [2.24, 2.45) is 0 Å². The number of amides is 2. The zero-order valence-electron chi connectivity index (χ0n) is 12.6. The van der Waals surface area contributed by atoms with E-state index < -0.39 is 17.9 Å². The smallest absolute Gasteiger partial charge is 0.326 e. The molecule has 0 aliphatic carbocycles. The van der Waals surface area contributed by atoms with Gasteiger partial charge in [0.2, 0.25) is 0 Å². The molecule has 0 unspecified atom stereocenters. The molecule has 9 heteroatoms. The number of aliphatic carboxylic acids is 1. The van der Waals surface area contributed by atoms with Gasteiger partial charge in [-0.1, -0.05) is 39.9 Å². The van der Waals surface area contributed by atoms with Gasteiger partial charge < -0.3 is 10.0 Å². The lowest BCUT2D eigenvalue weighted by atomic mass is 10.1. The lowest BCUT2D eigenvalue weighted by Gasteiger charge is -2.18. The molecule has 1 fully saturated rings. The van der Waals surface area contributed by atoms with Crippen molar-refractivity contribution in [3.05, 3.63) is 33.1 Å². The Morgan fingerprint density at radius 2 is 2.00 bits per heavy atom. The van der Waals surface area contributed by atoms with Gasteiger partial charge in [0.1, 0.15) is 10.4 Å². The number of nitrogens with zero attached hydrogens (tertiary/aromatic N) is 2. The molecule has 124 valence electrons. The third kappa shape index (κ3) is 2.47. The summed E-state index contributed by atoms with van der Waals surface area (Å²) in [6, 6.07) is 4.26. The van der Waals surface area contributed by atoms with E-state index >= 15 is 0 Å². The minimum atomic E-state index is -1.16. The number of likely N-dealkylation sites (N-methyl/N-ethyl adjacent to an activating group) is 1. The van der Waals surface area contributed by atoms with Crippen LogP contribution in [0.25, 0.3) is 5.57 Å². The first kappa shape index (κ1) is 17.1. The van der Waals surface area contributed by atoms with Gasteiger partial charge in [0.05, 0.1) is 16.2 Å². The molecule has 0 spiro atoms. The number of anilines is 1. The molecule has 1 saturated heterocycles. The van der Waals surface area contributed by atoms with Crippen molar-refractivity contribution in [2.45, 2.75) is 13.0 Å². The number of carboxylic acid groups (broad SMARTS) is 1. The van der Waals surface area contributed by atoms with Gasteiger partial charge in [-0.2, -0.15) is 0 Å². The van der Waals surface area contributed by atoms with Gasteiger partial charge in [0, 0.05) is 17.1 Å². The number of carbonyl (C=O) groups excluding carboxylic acids is 2. The molecule has 0 saturated carbocycles. The van der Waals surface area contributed by atoms with Crippen LogP contribution in [0.3, 0.4) is 0 Å². The number of benzene rings is 1. The fourth-order valence-corrected chi connectivity index (χ4v) is 4.44.